The monoisotopic (exact) mass is 319 g/mol. The second-order valence-corrected chi connectivity index (χ2v) is 4.75. The fraction of sp³-hybridized carbons (Fsp3) is 0.200. The molecule has 0 N–H and O–H groups in total. The Bertz CT molecular complexity index is 442. The number of carbonyl (C=O) groups is 1. The van der Waals surface area contributed by atoms with Crippen molar-refractivity contribution < 1.29 is 4.79 Å². The third-order valence-electron chi connectivity index (χ3n) is 2.17. The zero-order chi connectivity index (χ0) is 10.3. The van der Waals surface area contributed by atoms with Crippen molar-refractivity contribution in [2.24, 2.45) is 10.9 Å². The molecule has 1 aromatic rings. The summed E-state index contributed by atoms with van der Waals surface area (Å²) < 4.78 is 0.957. The Morgan fingerprint density at radius 1 is 1.50 bits per heavy atom. The van der Waals surface area contributed by atoms with Gasteiger partial charge in [-0.1, -0.05) is 18.5 Å². The third-order valence-corrected chi connectivity index (χ3v) is 3.35. The molecule has 72 valence electrons. The highest BCUT2D eigenvalue weighted by Crippen LogP contribution is 2.35. The van der Waals surface area contributed by atoms with E-state index in [0.717, 1.165) is 3.57 Å². The molecule has 14 heavy (non-hydrogen) atoms. The van der Waals surface area contributed by atoms with Crippen molar-refractivity contribution in [3.8, 4) is 0 Å². The van der Waals surface area contributed by atoms with Crippen molar-refractivity contribution in [1.29, 1.82) is 0 Å². The molecule has 1 aliphatic heterocycles. The van der Waals surface area contributed by atoms with Gasteiger partial charge in [-0.25, -0.2) is 0 Å². The molecule has 2 nitrogen and oxygen atoms in total. The molecule has 0 amide bonds. The fourth-order valence-corrected chi connectivity index (χ4v) is 2.22. The largest absolute Gasteiger partial charge is 0.293 e. The molecule has 1 unspecified atom stereocenters. The van der Waals surface area contributed by atoms with Crippen LogP contribution in [0.5, 0.6) is 0 Å². The van der Waals surface area contributed by atoms with E-state index in [1.165, 1.54) is 0 Å². The Morgan fingerprint density at radius 3 is 2.93 bits per heavy atom. The number of halogens is 2. The van der Waals surface area contributed by atoms with Gasteiger partial charge >= 0.3 is 0 Å². The highest BCUT2D eigenvalue weighted by atomic mass is 127. The highest BCUT2D eigenvalue weighted by molar-refractivity contribution is 14.1. The van der Waals surface area contributed by atoms with Gasteiger partial charge in [0.2, 0.25) is 0 Å². The molecule has 1 aliphatic rings. The number of carbonyl (C=O) groups excluding carboxylic acids is 1. The first kappa shape index (κ1) is 10.1. The van der Waals surface area contributed by atoms with E-state index in [4.69, 9.17) is 11.6 Å². The van der Waals surface area contributed by atoms with Crippen LogP contribution in [0.1, 0.15) is 17.3 Å². The van der Waals surface area contributed by atoms with Crippen LogP contribution in [0.2, 0.25) is 5.02 Å². The number of fused-ring (bicyclic) bond motifs is 1. The average molecular weight is 320 g/mol. The van der Waals surface area contributed by atoms with Gasteiger partial charge in [0.1, 0.15) is 0 Å². The Labute approximate surface area is 101 Å². The van der Waals surface area contributed by atoms with Crippen LogP contribution in [-0.2, 0) is 0 Å². The van der Waals surface area contributed by atoms with Gasteiger partial charge in [-0.15, -0.1) is 0 Å². The van der Waals surface area contributed by atoms with Gasteiger partial charge in [-0.3, -0.25) is 9.79 Å². The van der Waals surface area contributed by atoms with Crippen molar-refractivity contribution in [2.45, 2.75) is 6.92 Å². The average Bonchev–Trinajstić information content (AvgIpc) is 2.16. The van der Waals surface area contributed by atoms with Crippen LogP contribution in [0.3, 0.4) is 0 Å². The molecule has 4 heteroatoms. The highest BCUT2D eigenvalue weighted by Gasteiger charge is 2.25. The minimum absolute atomic E-state index is 0.0542. The number of hydrogen-bond acceptors (Lipinski definition) is 2. The number of rotatable bonds is 0. The molecule has 0 aromatic heterocycles. The van der Waals surface area contributed by atoms with Gasteiger partial charge in [0.15, 0.2) is 5.78 Å². The molecule has 0 saturated carbocycles. The summed E-state index contributed by atoms with van der Waals surface area (Å²) in [6.07, 6.45) is 1.67. The van der Waals surface area contributed by atoms with E-state index < -0.39 is 0 Å². The number of aliphatic imine (C=N–C) groups is 1. The first-order chi connectivity index (χ1) is 6.61. The summed E-state index contributed by atoms with van der Waals surface area (Å²) in [6, 6.07) is 3.61. The predicted molar refractivity (Wildman–Crippen MR) is 65.8 cm³/mol. The lowest BCUT2D eigenvalue weighted by Gasteiger charge is -2.15. The SMILES string of the molecule is CC1C=Nc2c(I)ccc(Cl)c2C1=O. The van der Waals surface area contributed by atoms with Crippen LogP contribution >= 0.6 is 34.2 Å². The summed E-state index contributed by atoms with van der Waals surface area (Å²) in [5.41, 5.74) is 1.27. The first-order valence-corrected chi connectivity index (χ1v) is 5.63. The van der Waals surface area contributed by atoms with Gasteiger partial charge < -0.3 is 0 Å². The Balaban J connectivity index is 2.73. The van der Waals surface area contributed by atoms with Gasteiger partial charge in [0.05, 0.1) is 22.2 Å². The lowest BCUT2D eigenvalue weighted by atomic mass is 9.96. The quantitative estimate of drug-likeness (QED) is 0.673. The Morgan fingerprint density at radius 2 is 2.21 bits per heavy atom. The van der Waals surface area contributed by atoms with Crippen LogP contribution in [0.4, 0.5) is 5.69 Å². The van der Waals surface area contributed by atoms with E-state index in [2.05, 4.69) is 27.6 Å². The lowest BCUT2D eigenvalue weighted by molar-refractivity contribution is 0.0962. The molecule has 1 heterocycles. The third kappa shape index (κ3) is 1.48. The van der Waals surface area contributed by atoms with Crippen LogP contribution in [0.15, 0.2) is 17.1 Å². The molecular weight excluding hydrogens is 312 g/mol. The zero-order valence-electron chi connectivity index (χ0n) is 7.42. The normalized spacial score (nSPS) is 19.6. The predicted octanol–water partition coefficient (Wildman–Crippen LogP) is 3.48. The van der Waals surface area contributed by atoms with Crippen molar-refractivity contribution >= 4 is 51.9 Å². The lowest BCUT2D eigenvalue weighted by Crippen LogP contribution is -2.17. The van der Waals surface area contributed by atoms with E-state index in [1.807, 2.05) is 13.0 Å². The standard InChI is InChI=1S/C10H7ClINO/c1-5-4-13-9-7(12)3-2-6(11)8(9)10(5)14/h2-5H,1H3. The Kier molecular flexibility index (Phi) is 2.62. The van der Waals surface area contributed by atoms with Crippen molar-refractivity contribution in [3.63, 3.8) is 0 Å². The summed E-state index contributed by atoms with van der Waals surface area (Å²) in [4.78, 5) is 16.1. The van der Waals surface area contributed by atoms with Crippen molar-refractivity contribution in [3.05, 3.63) is 26.3 Å². The second-order valence-electron chi connectivity index (χ2n) is 3.18. The van der Waals surface area contributed by atoms with Crippen molar-refractivity contribution in [2.75, 3.05) is 0 Å². The molecule has 0 aliphatic carbocycles. The van der Waals surface area contributed by atoms with E-state index in [1.54, 1.807) is 12.3 Å². The van der Waals surface area contributed by atoms with Crippen LogP contribution in [-0.4, -0.2) is 12.0 Å². The molecular formula is C10H7ClINO. The van der Waals surface area contributed by atoms with Crippen LogP contribution < -0.4 is 0 Å². The summed E-state index contributed by atoms with van der Waals surface area (Å²) >= 11 is 8.13. The zero-order valence-corrected chi connectivity index (χ0v) is 10.3. The minimum atomic E-state index is -0.168. The molecule has 1 atom stereocenters. The summed E-state index contributed by atoms with van der Waals surface area (Å²) in [6.45, 7) is 1.82. The number of hydrogen-bond donors (Lipinski definition) is 0. The molecule has 1 aromatic carbocycles. The van der Waals surface area contributed by atoms with E-state index in [9.17, 15) is 4.79 Å². The molecule has 0 fully saturated rings. The maximum atomic E-state index is 11.8. The second kappa shape index (κ2) is 3.62. The molecule has 2 rings (SSSR count). The summed E-state index contributed by atoms with van der Waals surface area (Å²) in [5.74, 6) is -0.114. The summed E-state index contributed by atoms with van der Waals surface area (Å²) in [5, 5.41) is 0.495. The van der Waals surface area contributed by atoms with Crippen LogP contribution in [0.25, 0.3) is 0 Å². The number of Topliss-reactive ketones (excluding diaryl/α,β-unsaturated/α-hetero) is 1. The molecule has 0 bridgehead atoms. The van der Waals surface area contributed by atoms with E-state index in [-0.39, 0.29) is 11.7 Å². The maximum absolute atomic E-state index is 11.8. The van der Waals surface area contributed by atoms with Gasteiger partial charge in [0.25, 0.3) is 0 Å². The number of nitrogens with zero attached hydrogens (tertiary/aromatic N) is 1. The van der Waals surface area contributed by atoms with Gasteiger partial charge in [-0.2, -0.15) is 0 Å². The fourth-order valence-electron chi connectivity index (χ4n) is 1.38. The number of benzene rings is 1. The molecule has 0 spiro atoms. The van der Waals surface area contributed by atoms with Crippen LogP contribution in [0, 0.1) is 9.49 Å². The van der Waals surface area contributed by atoms with E-state index in [0.29, 0.717) is 16.3 Å². The van der Waals surface area contributed by atoms with Gasteiger partial charge in [0, 0.05) is 9.78 Å². The molecule has 0 radical (unpaired) electrons. The topological polar surface area (TPSA) is 29.4 Å². The Hall–Kier alpha value is -0.420. The first-order valence-electron chi connectivity index (χ1n) is 4.17. The number of ketones is 1. The summed E-state index contributed by atoms with van der Waals surface area (Å²) in [7, 11) is 0. The van der Waals surface area contributed by atoms with Crippen molar-refractivity contribution in [1.82, 2.24) is 0 Å². The molecule has 0 saturated heterocycles. The van der Waals surface area contributed by atoms with Gasteiger partial charge in [-0.05, 0) is 34.7 Å². The van der Waals surface area contributed by atoms with E-state index >= 15 is 0 Å². The maximum Gasteiger partial charge on any atom is 0.174 e. The smallest absolute Gasteiger partial charge is 0.174 e. The minimum Gasteiger partial charge on any atom is -0.293 e.